The number of hydrogen-bond acceptors (Lipinski definition) is 4. The van der Waals surface area contributed by atoms with Gasteiger partial charge in [-0.15, -0.1) is 23.7 Å². The van der Waals surface area contributed by atoms with Crippen molar-refractivity contribution in [3.63, 3.8) is 0 Å². The molecule has 0 aliphatic rings. The molecule has 74 valence electrons. The summed E-state index contributed by atoms with van der Waals surface area (Å²) in [5, 5.41) is 1.53. The molecule has 4 N–H and O–H groups in total. The van der Waals surface area contributed by atoms with Crippen LogP contribution in [0.1, 0.15) is 10.4 Å². The Morgan fingerprint density at radius 2 is 2.31 bits per heavy atom. The molecule has 0 spiro atoms. The van der Waals surface area contributed by atoms with Gasteiger partial charge in [0.1, 0.15) is 0 Å². The zero-order valence-corrected chi connectivity index (χ0v) is 9.52. The van der Waals surface area contributed by atoms with Crippen LogP contribution in [-0.4, -0.2) is 5.24 Å². The molecule has 13 heavy (non-hydrogen) atoms. The third-order valence-corrected chi connectivity index (χ3v) is 3.60. The number of hydrogen-bond donors (Lipinski definition) is 2. The average Bonchev–Trinajstić information content (AvgIpc) is 2.32. The molecule has 6 heteroatoms. The standard InChI is InChI=1S/C7H10N2OS2.ClH/c1-4-5(2-8)11-3-6(4)12-7(9)10;/h3H,2,8H2,1H3,(H2,9,10);1H. The van der Waals surface area contributed by atoms with Gasteiger partial charge in [-0.3, -0.25) is 4.79 Å². The Kier molecular flexibility index (Phi) is 5.39. The minimum absolute atomic E-state index is 0. The molecule has 0 fully saturated rings. The van der Waals surface area contributed by atoms with Crippen molar-refractivity contribution in [2.24, 2.45) is 11.5 Å². The quantitative estimate of drug-likeness (QED) is 0.776. The van der Waals surface area contributed by atoms with Crippen LogP contribution >= 0.6 is 35.5 Å². The Morgan fingerprint density at radius 3 is 2.69 bits per heavy atom. The van der Waals surface area contributed by atoms with Gasteiger partial charge in [0.05, 0.1) is 0 Å². The van der Waals surface area contributed by atoms with Gasteiger partial charge in [0.25, 0.3) is 5.24 Å². The topological polar surface area (TPSA) is 69.1 Å². The number of nitrogens with two attached hydrogens (primary N) is 2. The van der Waals surface area contributed by atoms with Crippen LogP contribution in [0, 0.1) is 6.92 Å². The van der Waals surface area contributed by atoms with Crippen molar-refractivity contribution in [1.29, 1.82) is 0 Å². The second-order valence-electron chi connectivity index (χ2n) is 2.27. The molecule has 0 aliphatic heterocycles. The van der Waals surface area contributed by atoms with Crippen molar-refractivity contribution < 1.29 is 4.79 Å². The van der Waals surface area contributed by atoms with Gasteiger partial charge >= 0.3 is 0 Å². The molecule has 1 aromatic rings. The minimum Gasteiger partial charge on any atom is -0.360 e. The van der Waals surface area contributed by atoms with Gasteiger partial charge in [-0.25, -0.2) is 0 Å². The molecule has 1 aromatic heterocycles. The summed E-state index contributed by atoms with van der Waals surface area (Å²) in [5.41, 5.74) is 11.6. The number of carbonyl (C=O) groups is 1. The molecule has 0 atom stereocenters. The van der Waals surface area contributed by atoms with E-state index in [0.29, 0.717) is 6.54 Å². The second kappa shape index (κ2) is 5.49. The maximum atomic E-state index is 10.6. The maximum Gasteiger partial charge on any atom is 0.281 e. The summed E-state index contributed by atoms with van der Waals surface area (Å²) in [6.07, 6.45) is 0. The maximum absolute atomic E-state index is 10.6. The van der Waals surface area contributed by atoms with E-state index in [-0.39, 0.29) is 17.6 Å². The van der Waals surface area contributed by atoms with Gasteiger partial charge in [0, 0.05) is 21.7 Å². The number of thioether (sulfide) groups is 1. The lowest BCUT2D eigenvalue weighted by atomic mass is 10.3. The number of amides is 1. The smallest absolute Gasteiger partial charge is 0.281 e. The van der Waals surface area contributed by atoms with E-state index >= 15 is 0 Å². The Morgan fingerprint density at radius 1 is 1.69 bits per heavy atom. The SMILES string of the molecule is Cc1c(SC(N)=O)csc1CN.Cl. The third-order valence-electron chi connectivity index (χ3n) is 1.49. The van der Waals surface area contributed by atoms with E-state index in [1.807, 2.05) is 12.3 Å². The van der Waals surface area contributed by atoms with Crippen molar-refractivity contribution >= 4 is 40.7 Å². The molecular formula is C7H11ClN2OS2. The highest BCUT2D eigenvalue weighted by atomic mass is 35.5. The van der Waals surface area contributed by atoms with E-state index in [4.69, 9.17) is 11.5 Å². The molecular weight excluding hydrogens is 228 g/mol. The van der Waals surface area contributed by atoms with Crippen LogP contribution in [-0.2, 0) is 6.54 Å². The lowest BCUT2D eigenvalue weighted by molar-refractivity contribution is 0.267. The van der Waals surface area contributed by atoms with Crippen molar-refractivity contribution in [2.45, 2.75) is 18.4 Å². The van der Waals surface area contributed by atoms with E-state index in [1.54, 1.807) is 11.3 Å². The first-order valence-corrected chi connectivity index (χ1v) is 5.09. The summed E-state index contributed by atoms with van der Waals surface area (Å²) in [7, 11) is 0. The van der Waals surface area contributed by atoms with Gasteiger partial charge in [-0.05, 0) is 24.2 Å². The summed E-state index contributed by atoms with van der Waals surface area (Å²) in [6, 6.07) is 0. The molecule has 1 amide bonds. The first-order valence-electron chi connectivity index (χ1n) is 3.39. The number of carbonyl (C=O) groups excluding carboxylic acids is 1. The highest BCUT2D eigenvalue weighted by molar-refractivity contribution is 8.13. The van der Waals surface area contributed by atoms with Crippen molar-refractivity contribution in [3.05, 3.63) is 15.8 Å². The van der Waals surface area contributed by atoms with E-state index in [9.17, 15) is 4.79 Å². The van der Waals surface area contributed by atoms with Gasteiger partial charge < -0.3 is 11.5 Å². The van der Waals surface area contributed by atoms with Gasteiger partial charge in [0.15, 0.2) is 0 Å². The van der Waals surface area contributed by atoms with Crippen molar-refractivity contribution in [3.8, 4) is 0 Å². The number of thiophene rings is 1. The lowest BCUT2D eigenvalue weighted by Crippen LogP contribution is -2.01. The van der Waals surface area contributed by atoms with Crippen molar-refractivity contribution in [1.82, 2.24) is 0 Å². The van der Waals surface area contributed by atoms with Crippen LogP contribution < -0.4 is 11.5 Å². The second-order valence-corrected chi connectivity index (χ2v) is 4.28. The molecule has 1 heterocycles. The first kappa shape index (κ1) is 12.8. The minimum atomic E-state index is -0.375. The third kappa shape index (κ3) is 3.19. The lowest BCUT2D eigenvalue weighted by Gasteiger charge is -1.96. The Hall–Kier alpha value is -0.230. The van der Waals surface area contributed by atoms with E-state index in [2.05, 4.69) is 0 Å². The molecule has 0 aromatic carbocycles. The molecule has 3 nitrogen and oxygen atoms in total. The van der Waals surface area contributed by atoms with Crippen LogP contribution in [0.4, 0.5) is 4.79 Å². The van der Waals surface area contributed by atoms with Gasteiger partial charge in [-0.1, -0.05) is 0 Å². The zero-order chi connectivity index (χ0) is 9.14. The Labute approximate surface area is 91.3 Å². The molecule has 0 radical (unpaired) electrons. The summed E-state index contributed by atoms with van der Waals surface area (Å²) in [6.45, 7) is 2.47. The zero-order valence-electron chi connectivity index (χ0n) is 7.07. The normalized spacial score (nSPS) is 9.38. The van der Waals surface area contributed by atoms with E-state index < -0.39 is 0 Å². The number of rotatable bonds is 2. The van der Waals surface area contributed by atoms with Crippen LogP contribution in [0.15, 0.2) is 10.3 Å². The predicted octanol–water partition coefficient (Wildman–Crippen LogP) is 2.11. The fourth-order valence-electron chi connectivity index (χ4n) is 0.849. The van der Waals surface area contributed by atoms with Crippen molar-refractivity contribution in [2.75, 3.05) is 0 Å². The largest absolute Gasteiger partial charge is 0.360 e. The fraction of sp³-hybridized carbons (Fsp3) is 0.286. The van der Waals surface area contributed by atoms with Crippen LogP contribution in [0.25, 0.3) is 0 Å². The first-order chi connectivity index (χ1) is 5.65. The Bertz CT molecular complexity index is 301. The molecule has 0 aliphatic carbocycles. The highest BCUT2D eigenvalue weighted by Crippen LogP contribution is 2.29. The Balaban J connectivity index is 0.00000144. The van der Waals surface area contributed by atoms with Crippen LogP contribution in [0.5, 0.6) is 0 Å². The summed E-state index contributed by atoms with van der Waals surface area (Å²) >= 11 is 2.62. The predicted molar refractivity (Wildman–Crippen MR) is 59.6 cm³/mol. The van der Waals surface area contributed by atoms with E-state index in [1.165, 1.54) is 0 Å². The summed E-state index contributed by atoms with van der Waals surface area (Å²) in [5.74, 6) is 0. The highest BCUT2D eigenvalue weighted by Gasteiger charge is 2.08. The molecule has 0 unspecified atom stereocenters. The molecule has 0 bridgehead atoms. The summed E-state index contributed by atoms with van der Waals surface area (Å²) in [4.78, 5) is 12.6. The van der Waals surface area contributed by atoms with Gasteiger partial charge in [0.2, 0.25) is 0 Å². The van der Waals surface area contributed by atoms with Crippen LogP contribution in [0.3, 0.4) is 0 Å². The van der Waals surface area contributed by atoms with Crippen LogP contribution in [0.2, 0.25) is 0 Å². The summed E-state index contributed by atoms with van der Waals surface area (Å²) < 4.78 is 0. The molecule has 0 saturated carbocycles. The fourth-order valence-corrected chi connectivity index (χ4v) is 2.55. The molecule has 0 saturated heterocycles. The number of halogens is 1. The number of primary amides is 1. The monoisotopic (exact) mass is 238 g/mol. The van der Waals surface area contributed by atoms with Gasteiger partial charge in [-0.2, -0.15) is 0 Å². The average molecular weight is 239 g/mol. The molecule has 1 rings (SSSR count). The van der Waals surface area contributed by atoms with E-state index in [0.717, 1.165) is 27.1 Å².